The van der Waals surface area contributed by atoms with Crippen LogP contribution in [0.5, 0.6) is 5.75 Å². The topological polar surface area (TPSA) is 91.5 Å². The van der Waals surface area contributed by atoms with Gasteiger partial charge in [-0.1, -0.05) is 6.07 Å². The van der Waals surface area contributed by atoms with Crippen LogP contribution in [0.25, 0.3) is 10.9 Å². The highest BCUT2D eigenvalue weighted by molar-refractivity contribution is 7.88. The molecule has 4 rings (SSSR count). The number of H-pyrrole nitrogens is 1. The van der Waals surface area contributed by atoms with E-state index in [9.17, 15) is 26.4 Å². The van der Waals surface area contributed by atoms with Gasteiger partial charge in [-0.25, -0.2) is 0 Å². The molecular formula is C23H24F3N3O4S. The molecule has 2 aromatic carbocycles. The van der Waals surface area contributed by atoms with Crippen LogP contribution in [0.2, 0.25) is 0 Å². The van der Waals surface area contributed by atoms with E-state index in [1.54, 1.807) is 6.07 Å². The summed E-state index contributed by atoms with van der Waals surface area (Å²) in [6.45, 7) is 1.96. The Kier molecular flexibility index (Phi) is 6.85. The number of anilines is 1. The highest BCUT2D eigenvalue weighted by Gasteiger charge is 2.48. The number of carbonyl (C=O) groups is 1. The predicted molar refractivity (Wildman–Crippen MR) is 122 cm³/mol. The first-order chi connectivity index (χ1) is 16.1. The minimum atomic E-state index is -5.70. The molecule has 0 fully saturated rings. The summed E-state index contributed by atoms with van der Waals surface area (Å²) in [7, 11) is -5.70. The average molecular weight is 496 g/mol. The molecule has 2 heterocycles. The first kappa shape index (κ1) is 24.1. The summed E-state index contributed by atoms with van der Waals surface area (Å²) >= 11 is 0. The van der Waals surface area contributed by atoms with Crippen molar-refractivity contribution in [3.63, 3.8) is 0 Å². The van der Waals surface area contributed by atoms with E-state index < -0.39 is 15.6 Å². The summed E-state index contributed by atoms with van der Waals surface area (Å²) in [6, 6.07) is 11.8. The first-order valence-electron chi connectivity index (χ1n) is 10.8. The van der Waals surface area contributed by atoms with E-state index in [0.29, 0.717) is 32.4 Å². The largest absolute Gasteiger partial charge is 0.534 e. The number of nitrogens with one attached hydrogen (secondary N) is 2. The van der Waals surface area contributed by atoms with E-state index in [1.165, 1.54) is 12.1 Å². The number of halogens is 3. The Morgan fingerprint density at radius 2 is 1.91 bits per heavy atom. The Morgan fingerprint density at radius 1 is 1.09 bits per heavy atom. The minimum absolute atomic E-state index is 0.0634. The Labute approximate surface area is 195 Å². The van der Waals surface area contributed by atoms with Crippen molar-refractivity contribution in [2.45, 2.75) is 37.7 Å². The number of hydrogen-bond acceptors (Lipinski definition) is 5. The van der Waals surface area contributed by atoms with Crippen molar-refractivity contribution in [3.05, 3.63) is 59.8 Å². The molecule has 1 aliphatic rings. The summed E-state index contributed by atoms with van der Waals surface area (Å²) in [5, 5.41) is 3.92. The Hall–Kier alpha value is -3.05. The maximum atomic E-state index is 12.6. The molecule has 0 saturated carbocycles. The molecule has 1 aromatic heterocycles. The van der Waals surface area contributed by atoms with Crippen LogP contribution in [0.3, 0.4) is 0 Å². The molecule has 0 radical (unpaired) electrons. The number of nitrogens with zero attached hydrogens (tertiary/aromatic N) is 1. The Balaban J connectivity index is 1.24. The molecule has 1 amide bonds. The number of unbranched alkanes of at least 4 members (excludes halogenated alkanes) is 1. The lowest BCUT2D eigenvalue weighted by molar-refractivity contribution is -0.116. The van der Waals surface area contributed by atoms with Crippen LogP contribution in [-0.2, 0) is 27.9 Å². The highest BCUT2D eigenvalue weighted by atomic mass is 32.2. The lowest BCUT2D eigenvalue weighted by Crippen LogP contribution is -2.32. The van der Waals surface area contributed by atoms with E-state index in [2.05, 4.69) is 19.4 Å². The molecule has 11 heteroatoms. The van der Waals surface area contributed by atoms with E-state index in [4.69, 9.17) is 0 Å². The molecule has 0 aliphatic carbocycles. The zero-order chi connectivity index (χ0) is 24.3. The molecule has 0 spiro atoms. The number of fused-ring (bicyclic) bond motifs is 2. The number of hydrogen-bond donors (Lipinski definition) is 2. The molecule has 0 unspecified atom stereocenters. The number of carbonyl (C=O) groups excluding carboxylic acids is 1. The number of alkyl halides is 3. The molecule has 3 aromatic rings. The number of amides is 1. The van der Waals surface area contributed by atoms with Gasteiger partial charge in [0.05, 0.1) is 0 Å². The Morgan fingerprint density at radius 3 is 2.71 bits per heavy atom. The van der Waals surface area contributed by atoms with Gasteiger partial charge < -0.3 is 14.5 Å². The van der Waals surface area contributed by atoms with Crippen LogP contribution < -0.4 is 9.50 Å². The van der Waals surface area contributed by atoms with E-state index in [0.717, 1.165) is 40.7 Å². The number of aromatic amines is 1. The second-order valence-electron chi connectivity index (χ2n) is 8.22. The second-order valence-corrected chi connectivity index (χ2v) is 9.76. The molecule has 2 N–H and O–H groups in total. The molecule has 34 heavy (non-hydrogen) atoms. The minimum Gasteiger partial charge on any atom is -0.376 e. The number of aromatic nitrogens is 1. The normalized spacial score (nSPS) is 14.7. The molecule has 0 bridgehead atoms. The van der Waals surface area contributed by atoms with Crippen molar-refractivity contribution < 1.29 is 30.6 Å². The second kappa shape index (κ2) is 9.67. The molecule has 0 saturated heterocycles. The van der Waals surface area contributed by atoms with Crippen molar-refractivity contribution in [2.75, 3.05) is 18.4 Å². The van der Waals surface area contributed by atoms with Crippen LogP contribution in [0.15, 0.2) is 48.7 Å². The molecular weight excluding hydrogens is 471 g/mol. The van der Waals surface area contributed by atoms with Gasteiger partial charge in [-0.3, -0.25) is 9.69 Å². The fourth-order valence-corrected chi connectivity index (χ4v) is 4.44. The van der Waals surface area contributed by atoms with Gasteiger partial charge in [0.15, 0.2) is 0 Å². The summed E-state index contributed by atoms with van der Waals surface area (Å²) < 4.78 is 64.5. The van der Waals surface area contributed by atoms with E-state index >= 15 is 0 Å². The lowest BCUT2D eigenvalue weighted by atomic mass is 9.99. The van der Waals surface area contributed by atoms with Crippen LogP contribution in [0.4, 0.5) is 18.9 Å². The molecule has 1 aliphatic heterocycles. The Bertz CT molecular complexity index is 1290. The third-order valence-electron chi connectivity index (χ3n) is 5.72. The van der Waals surface area contributed by atoms with E-state index in [1.807, 2.05) is 30.5 Å². The van der Waals surface area contributed by atoms with Gasteiger partial charge >= 0.3 is 15.6 Å². The van der Waals surface area contributed by atoms with Crippen molar-refractivity contribution >= 4 is 32.6 Å². The smallest absolute Gasteiger partial charge is 0.376 e. The monoisotopic (exact) mass is 495 g/mol. The zero-order valence-electron chi connectivity index (χ0n) is 18.2. The zero-order valence-corrected chi connectivity index (χ0v) is 19.0. The standard InChI is InChI=1S/C23H24F3N3O4S/c24-23(25,26)34(31,32)33-20-6-4-16-9-12-29(15-18(16)14-20)11-2-1-3-22(30)28-19-5-7-21-17(13-19)8-10-27-21/h4-8,10,13-14,27H,1-3,9,11-12,15H2,(H,28,30). The number of rotatable bonds is 8. The van der Waals surface area contributed by atoms with Crippen molar-refractivity contribution in [3.8, 4) is 5.75 Å². The van der Waals surface area contributed by atoms with Gasteiger partial charge in [0.1, 0.15) is 5.75 Å². The third kappa shape index (κ3) is 5.71. The van der Waals surface area contributed by atoms with Crippen molar-refractivity contribution in [1.82, 2.24) is 9.88 Å². The molecule has 0 atom stereocenters. The summed E-state index contributed by atoms with van der Waals surface area (Å²) in [5.74, 6) is -0.418. The molecule has 7 nitrogen and oxygen atoms in total. The van der Waals surface area contributed by atoms with Crippen LogP contribution in [0.1, 0.15) is 30.4 Å². The lowest BCUT2D eigenvalue weighted by Gasteiger charge is -2.29. The van der Waals surface area contributed by atoms with Crippen LogP contribution in [-0.4, -0.2) is 42.8 Å². The maximum absolute atomic E-state index is 12.6. The fraction of sp³-hybridized carbons (Fsp3) is 0.348. The summed E-state index contributed by atoms with van der Waals surface area (Å²) in [4.78, 5) is 17.5. The van der Waals surface area contributed by atoms with Crippen molar-refractivity contribution in [1.29, 1.82) is 0 Å². The van der Waals surface area contributed by atoms with Gasteiger partial charge in [-0.2, -0.15) is 21.6 Å². The maximum Gasteiger partial charge on any atom is 0.534 e. The first-order valence-corrected chi connectivity index (χ1v) is 12.2. The van der Waals surface area contributed by atoms with Gasteiger partial charge in [0.2, 0.25) is 5.91 Å². The quantitative estimate of drug-likeness (QED) is 0.272. The van der Waals surface area contributed by atoms with Gasteiger partial charge in [-0.05, 0) is 73.3 Å². The van der Waals surface area contributed by atoms with Crippen LogP contribution in [0, 0.1) is 0 Å². The molecule has 182 valence electrons. The van der Waals surface area contributed by atoms with Gasteiger partial charge in [0.25, 0.3) is 0 Å². The summed E-state index contributed by atoms with van der Waals surface area (Å²) in [6.07, 6.45) is 4.38. The predicted octanol–water partition coefficient (Wildman–Crippen LogP) is 4.56. The fourth-order valence-electron chi connectivity index (χ4n) is 3.98. The SMILES string of the molecule is O=C(CCCCN1CCc2ccc(OS(=O)(=O)C(F)(F)F)cc2C1)Nc1ccc2[nH]ccc2c1. The third-order valence-corrected chi connectivity index (χ3v) is 6.70. The van der Waals surface area contributed by atoms with E-state index in [-0.39, 0.29) is 11.7 Å². The number of benzene rings is 2. The van der Waals surface area contributed by atoms with Crippen molar-refractivity contribution in [2.24, 2.45) is 0 Å². The summed E-state index contributed by atoms with van der Waals surface area (Å²) in [5.41, 5.74) is -2.04. The van der Waals surface area contributed by atoms with Crippen LogP contribution >= 0.6 is 0 Å². The van der Waals surface area contributed by atoms with Gasteiger partial charge in [0, 0.05) is 42.3 Å². The average Bonchev–Trinajstić information content (AvgIpc) is 3.23. The highest BCUT2D eigenvalue weighted by Crippen LogP contribution is 2.30. The van der Waals surface area contributed by atoms with Gasteiger partial charge in [-0.15, -0.1) is 0 Å².